The van der Waals surface area contributed by atoms with Crippen molar-refractivity contribution in [3.05, 3.63) is 29.3 Å². The molecule has 0 saturated heterocycles. The van der Waals surface area contributed by atoms with Crippen LogP contribution >= 0.6 is 0 Å². The van der Waals surface area contributed by atoms with E-state index in [1.54, 1.807) is 7.11 Å². The molecular weight excluding hydrogens is 242 g/mol. The van der Waals surface area contributed by atoms with E-state index in [0.29, 0.717) is 11.3 Å². The first kappa shape index (κ1) is 13.7. The Morgan fingerprint density at radius 1 is 1.53 bits per heavy atom. The molecule has 2 rings (SSSR count). The maximum absolute atomic E-state index is 8.71. The minimum Gasteiger partial charge on any atom is -0.496 e. The fraction of sp³-hybridized carbons (Fsp3) is 0.500. The Kier molecular flexibility index (Phi) is 4.63. The Labute approximate surface area is 113 Å². The maximum atomic E-state index is 8.71. The van der Waals surface area contributed by atoms with E-state index in [2.05, 4.69) is 10.5 Å². The summed E-state index contributed by atoms with van der Waals surface area (Å²) in [5.74, 6) is 1.53. The molecule has 1 aromatic carbocycles. The molecule has 1 aromatic rings. The normalized spacial score (nSPS) is 16.2. The molecule has 0 bridgehead atoms. The van der Waals surface area contributed by atoms with Gasteiger partial charge in [0.15, 0.2) is 5.84 Å². The molecule has 0 spiro atoms. The van der Waals surface area contributed by atoms with E-state index in [-0.39, 0.29) is 5.84 Å². The van der Waals surface area contributed by atoms with Gasteiger partial charge in [-0.25, -0.2) is 0 Å². The summed E-state index contributed by atoms with van der Waals surface area (Å²) in [4.78, 5) is 0. The zero-order chi connectivity index (χ0) is 13.7. The van der Waals surface area contributed by atoms with Crippen molar-refractivity contribution >= 4 is 5.84 Å². The van der Waals surface area contributed by atoms with Crippen LogP contribution in [0.5, 0.6) is 5.75 Å². The van der Waals surface area contributed by atoms with E-state index in [0.717, 1.165) is 24.6 Å². The molecular formula is C14H21N3O2. The monoisotopic (exact) mass is 263 g/mol. The van der Waals surface area contributed by atoms with Crippen LogP contribution in [0.3, 0.4) is 0 Å². The number of nitrogens with one attached hydrogen (secondary N) is 1. The molecule has 0 unspecified atom stereocenters. The molecule has 0 aliphatic heterocycles. The molecule has 19 heavy (non-hydrogen) atoms. The van der Waals surface area contributed by atoms with Gasteiger partial charge in [-0.05, 0) is 43.0 Å². The highest BCUT2D eigenvalue weighted by Crippen LogP contribution is 2.25. The highest BCUT2D eigenvalue weighted by atomic mass is 16.5. The van der Waals surface area contributed by atoms with Gasteiger partial charge in [0, 0.05) is 6.54 Å². The lowest BCUT2D eigenvalue weighted by atomic mass is 9.85. The third-order valence-corrected chi connectivity index (χ3v) is 3.64. The predicted molar refractivity (Wildman–Crippen MR) is 74.6 cm³/mol. The van der Waals surface area contributed by atoms with Gasteiger partial charge in [0.1, 0.15) is 5.75 Å². The van der Waals surface area contributed by atoms with Crippen molar-refractivity contribution in [2.45, 2.75) is 25.8 Å². The molecule has 1 saturated carbocycles. The summed E-state index contributed by atoms with van der Waals surface area (Å²) in [5, 5.41) is 15.2. The summed E-state index contributed by atoms with van der Waals surface area (Å²) < 4.78 is 5.27. The standard InChI is InChI=1S/C14H21N3O2/c1-19-13-7-11(5-6-12(13)14(15)17-18)9-16-8-10-3-2-4-10/h5-7,10,16,18H,2-4,8-9H2,1H3,(H2,15,17). The molecule has 4 N–H and O–H groups in total. The second kappa shape index (κ2) is 6.43. The van der Waals surface area contributed by atoms with Crippen LogP contribution in [-0.4, -0.2) is 24.7 Å². The topological polar surface area (TPSA) is 79.9 Å². The summed E-state index contributed by atoms with van der Waals surface area (Å²) in [6.07, 6.45) is 4.06. The summed E-state index contributed by atoms with van der Waals surface area (Å²) >= 11 is 0. The number of nitrogens with zero attached hydrogens (tertiary/aromatic N) is 1. The van der Waals surface area contributed by atoms with Crippen molar-refractivity contribution in [3.8, 4) is 5.75 Å². The number of benzene rings is 1. The summed E-state index contributed by atoms with van der Waals surface area (Å²) in [5.41, 5.74) is 7.33. The number of methoxy groups -OCH3 is 1. The molecule has 0 atom stereocenters. The van der Waals surface area contributed by atoms with Crippen LogP contribution in [0.2, 0.25) is 0 Å². The van der Waals surface area contributed by atoms with E-state index in [1.165, 1.54) is 19.3 Å². The van der Waals surface area contributed by atoms with Crippen LogP contribution in [0, 0.1) is 5.92 Å². The van der Waals surface area contributed by atoms with Crippen molar-refractivity contribution in [1.82, 2.24) is 5.32 Å². The molecule has 104 valence electrons. The van der Waals surface area contributed by atoms with Crippen molar-refractivity contribution in [3.63, 3.8) is 0 Å². The number of hydrogen-bond donors (Lipinski definition) is 3. The molecule has 0 amide bonds. The van der Waals surface area contributed by atoms with Gasteiger partial charge in [-0.1, -0.05) is 17.6 Å². The van der Waals surface area contributed by atoms with E-state index in [1.807, 2.05) is 18.2 Å². The molecule has 1 fully saturated rings. The molecule has 1 aliphatic carbocycles. The number of amidine groups is 1. The first-order valence-corrected chi connectivity index (χ1v) is 6.60. The van der Waals surface area contributed by atoms with Crippen molar-refractivity contribution in [2.24, 2.45) is 16.8 Å². The predicted octanol–water partition coefficient (Wildman–Crippen LogP) is 1.68. The van der Waals surface area contributed by atoms with Gasteiger partial charge in [-0.2, -0.15) is 0 Å². The average molecular weight is 263 g/mol. The lowest BCUT2D eigenvalue weighted by Crippen LogP contribution is -2.26. The maximum Gasteiger partial charge on any atom is 0.173 e. The van der Waals surface area contributed by atoms with Crippen LogP contribution in [-0.2, 0) is 6.54 Å². The molecule has 5 heteroatoms. The van der Waals surface area contributed by atoms with Gasteiger partial charge in [0.25, 0.3) is 0 Å². The lowest BCUT2D eigenvalue weighted by molar-refractivity contribution is 0.301. The number of hydrogen-bond acceptors (Lipinski definition) is 4. The second-order valence-electron chi connectivity index (χ2n) is 4.95. The Morgan fingerprint density at radius 3 is 2.89 bits per heavy atom. The smallest absolute Gasteiger partial charge is 0.173 e. The van der Waals surface area contributed by atoms with Crippen LogP contribution in [0.1, 0.15) is 30.4 Å². The van der Waals surface area contributed by atoms with Gasteiger partial charge in [-0.3, -0.25) is 0 Å². The Balaban J connectivity index is 1.97. The second-order valence-corrected chi connectivity index (χ2v) is 4.95. The van der Waals surface area contributed by atoms with Crippen LogP contribution in [0.25, 0.3) is 0 Å². The Morgan fingerprint density at radius 2 is 2.32 bits per heavy atom. The zero-order valence-electron chi connectivity index (χ0n) is 11.2. The van der Waals surface area contributed by atoms with Crippen molar-refractivity contribution in [1.29, 1.82) is 0 Å². The van der Waals surface area contributed by atoms with Crippen molar-refractivity contribution in [2.75, 3.05) is 13.7 Å². The first-order chi connectivity index (χ1) is 9.24. The van der Waals surface area contributed by atoms with Gasteiger partial charge < -0.3 is 21.0 Å². The SMILES string of the molecule is COc1cc(CNCC2CCC2)ccc1/C(N)=N/O. The molecule has 0 heterocycles. The van der Waals surface area contributed by atoms with Gasteiger partial charge >= 0.3 is 0 Å². The number of nitrogens with two attached hydrogens (primary N) is 1. The van der Waals surface area contributed by atoms with Crippen LogP contribution in [0.15, 0.2) is 23.4 Å². The highest BCUT2D eigenvalue weighted by molar-refractivity contribution is 5.99. The third kappa shape index (κ3) is 3.38. The van der Waals surface area contributed by atoms with Gasteiger partial charge in [-0.15, -0.1) is 0 Å². The van der Waals surface area contributed by atoms with Crippen LogP contribution in [0.4, 0.5) is 0 Å². The fourth-order valence-corrected chi connectivity index (χ4v) is 2.23. The Bertz CT molecular complexity index is 456. The number of oxime groups is 1. The summed E-state index contributed by atoms with van der Waals surface area (Å²) in [6, 6.07) is 5.69. The van der Waals surface area contributed by atoms with E-state index in [4.69, 9.17) is 15.7 Å². The van der Waals surface area contributed by atoms with E-state index in [9.17, 15) is 0 Å². The average Bonchev–Trinajstić information content (AvgIpc) is 2.40. The Hall–Kier alpha value is -1.75. The van der Waals surface area contributed by atoms with Gasteiger partial charge in [0.2, 0.25) is 0 Å². The lowest BCUT2D eigenvalue weighted by Gasteiger charge is -2.25. The number of ether oxygens (including phenoxy) is 1. The summed E-state index contributed by atoms with van der Waals surface area (Å²) in [7, 11) is 1.58. The van der Waals surface area contributed by atoms with Crippen LogP contribution < -0.4 is 15.8 Å². The largest absolute Gasteiger partial charge is 0.496 e. The molecule has 0 aromatic heterocycles. The minimum atomic E-state index is 0.0610. The first-order valence-electron chi connectivity index (χ1n) is 6.60. The minimum absolute atomic E-state index is 0.0610. The summed E-state index contributed by atoms with van der Waals surface area (Å²) in [6.45, 7) is 1.88. The zero-order valence-corrected chi connectivity index (χ0v) is 11.2. The third-order valence-electron chi connectivity index (χ3n) is 3.64. The highest BCUT2D eigenvalue weighted by Gasteiger charge is 2.16. The molecule has 5 nitrogen and oxygen atoms in total. The van der Waals surface area contributed by atoms with E-state index >= 15 is 0 Å². The number of rotatable bonds is 6. The van der Waals surface area contributed by atoms with E-state index < -0.39 is 0 Å². The molecule has 0 radical (unpaired) electrons. The van der Waals surface area contributed by atoms with Crippen molar-refractivity contribution < 1.29 is 9.94 Å². The fourth-order valence-electron chi connectivity index (χ4n) is 2.23. The molecule has 1 aliphatic rings. The van der Waals surface area contributed by atoms with Gasteiger partial charge in [0.05, 0.1) is 12.7 Å². The quantitative estimate of drug-likeness (QED) is 0.316.